The molecule has 3 rings (SSSR count). The van der Waals surface area contributed by atoms with Crippen LogP contribution in [0.25, 0.3) is 0 Å². The van der Waals surface area contributed by atoms with Crippen molar-refractivity contribution in [3.05, 3.63) is 77.9 Å². The van der Waals surface area contributed by atoms with Gasteiger partial charge >= 0.3 is 0 Å². The highest BCUT2D eigenvalue weighted by Crippen LogP contribution is 2.12. The fraction of sp³-hybridized carbons (Fsp3) is 0.375. The van der Waals surface area contributed by atoms with Gasteiger partial charge in [0.2, 0.25) is 0 Å². The van der Waals surface area contributed by atoms with E-state index in [4.69, 9.17) is 4.99 Å². The van der Waals surface area contributed by atoms with Crippen molar-refractivity contribution in [3.63, 3.8) is 0 Å². The topological polar surface area (TPSA) is 70.4 Å². The molecule has 0 saturated heterocycles. The predicted octanol–water partition coefficient (Wildman–Crippen LogP) is 3.45. The highest BCUT2D eigenvalue weighted by molar-refractivity contribution is 5.80. The zero-order valence-corrected chi connectivity index (χ0v) is 18.9. The first kappa shape index (κ1) is 22.3. The molecule has 1 unspecified atom stereocenters. The van der Waals surface area contributed by atoms with E-state index in [1.165, 1.54) is 11.3 Å². The molecule has 164 valence electrons. The monoisotopic (exact) mass is 419 g/mol. The Labute approximate surface area is 185 Å². The molecule has 0 radical (unpaired) electrons. The van der Waals surface area contributed by atoms with E-state index in [0.29, 0.717) is 6.54 Å². The van der Waals surface area contributed by atoms with Crippen LogP contribution < -0.4 is 15.5 Å². The summed E-state index contributed by atoms with van der Waals surface area (Å²) >= 11 is 0. The number of para-hydroxylation sites is 1. The van der Waals surface area contributed by atoms with E-state index in [-0.39, 0.29) is 6.04 Å². The van der Waals surface area contributed by atoms with Gasteiger partial charge in [0.15, 0.2) is 11.8 Å². The first-order chi connectivity index (χ1) is 15.0. The Morgan fingerprint density at radius 2 is 1.74 bits per heavy atom. The second-order valence-corrected chi connectivity index (χ2v) is 7.70. The van der Waals surface area contributed by atoms with Crippen molar-refractivity contribution >= 4 is 11.6 Å². The number of anilines is 1. The van der Waals surface area contributed by atoms with Crippen LogP contribution in [0.15, 0.2) is 65.7 Å². The van der Waals surface area contributed by atoms with Crippen molar-refractivity contribution in [2.24, 2.45) is 12.0 Å². The Kier molecular flexibility index (Phi) is 8.04. The van der Waals surface area contributed by atoms with E-state index in [2.05, 4.69) is 88.2 Å². The number of aryl methyl sites for hydroxylation is 1. The number of nitrogens with one attached hydrogen (secondary N) is 2. The smallest absolute Gasteiger partial charge is 0.192 e. The molecule has 0 fully saturated rings. The molecule has 7 nitrogen and oxygen atoms in total. The molecule has 1 atom stereocenters. The van der Waals surface area contributed by atoms with E-state index in [1.807, 2.05) is 30.7 Å². The number of nitrogens with zero attached hydrogens (tertiary/aromatic N) is 5. The van der Waals surface area contributed by atoms with Crippen molar-refractivity contribution < 1.29 is 0 Å². The average Bonchev–Trinajstić information content (AvgIpc) is 3.13. The molecule has 7 heteroatoms. The molecule has 1 aromatic heterocycles. The first-order valence-corrected chi connectivity index (χ1v) is 10.8. The Balaban J connectivity index is 1.59. The second kappa shape index (κ2) is 11.2. The quantitative estimate of drug-likeness (QED) is 0.316. The average molecular weight is 420 g/mol. The van der Waals surface area contributed by atoms with Crippen LogP contribution in [-0.2, 0) is 13.6 Å². The van der Waals surface area contributed by atoms with Crippen LogP contribution in [0.3, 0.4) is 0 Å². The molecule has 2 N–H and O–H groups in total. The standard InChI is InChI=1S/C24H33N7/c1-19(21-12-7-5-8-13-21)27-24(26-18-23-29-28-20(2)31(23)4)25-16-11-17-30(3)22-14-9-6-10-15-22/h5-10,12-15,19H,11,16-18H2,1-4H3,(H2,25,26,27). The minimum absolute atomic E-state index is 0.140. The van der Waals surface area contributed by atoms with Gasteiger partial charge in [-0.15, -0.1) is 10.2 Å². The fourth-order valence-electron chi connectivity index (χ4n) is 3.26. The van der Waals surface area contributed by atoms with Crippen molar-refractivity contribution in [1.82, 2.24) is 25.4 Å². The minimum atomic E-state index is 0.140. The number of benzene rings is 2. The van der Waals surface area contributed by atoms with Crippen LogP contribution in [0.5, 0.6) is 0 Å². The van der Waals surface area contributed by atoms with Gasteiger partial charge in [0, 0.05) is 32.9 Å². The Morgan fingerprint density at radius 1 is 1.06 bits per heavy atom. The molecule has 0 aliphatic rings. The summed E-state index contributed by atoms with van der Waals surface area (Å²) in [5.74, 6) is 2.50. The van der Waals surface area contributed by atoms with E-state index < -0.39 is 0 Å². The maximum Gasteiger partial charge on any atom is 0.192 e. The number of hydrogen-bond donors (Lipinski definition) is 2. The highest BCUT2D eigenvalue weighted by atomic mass is 15.3. The number of aromatic nitrogens is 3. The van der Waals surface area contributed by atoms with Crippen molar-refractivity contribution in [1.29, 1.82) is 0 Å². The summed E-state index contributed by atoms with van der Waals surface area (Å²) in [5, 5.41) is 15.3. The molecule has 0 bridgehead atoms. The van der Waals surface area contributed by atoms with E-state index in [1.54, 1.807) is 0 Å². The van der Waals surface area contributed by atoms with Gasteiger partial charge in [-0.2, -0.15) is 0 Å². The van der Waals surface area contributed by atoms with Crippen LogP contribution in [-0.4, -0.2) is 40.9 Å². The summed E-state index contributed by atoms with van der Waals surface area (Å²) < 4.78 is 1.97. The zero-order valence-electron chi connectivity index (χ0n) is 18.9. The summed E-state index contributed by atoms with van der Waals surface area (Å²) in [4.78, 5) is 7.03. The van der Waals surface area contributed by atoms with Crippen molar-refractivity contribution in [3.8, 4) is 0 Å². The van der Waals surface area contributed by atoms with Gasteiger partial charge in [0.25, 0.3) is 0 Å². The largest absolute Gasteiger partial charge is 0.375 e. The van der Waals surface area contributed by atoms with Gasteiger partial charge in [0.05, 0.1) is 6.04 Å². The lowest BCUT2D eigenvalue weighted by Crippen LogP contribution is -2.40. The molecule has 31 heavy (non-hydrogen) atoms. The van der Waals surface area contributed by atoms with Gasteiger partial charge in [0.1, 0.15) is 12.4 Å². The Morgan fingerprint density at radius 3 is 2.39 bits per heavy atom. The predicted molar refractivity (Wildman–Crippen MR) is 127 cm³/mol. The van der Waals surface area contributed by atoms with Gasteiger partial charge in [-0.25, -0.2) is 4.99 Å². The van der Waals surface area contributed by atoms with Crippen molar-refractivity contribution in [2.75, 3.05) is 25.0 Å². The normalized spacial score (nSPS) is 12.5. The van der Waals surface area contributed by atoms with E-state index in [0.717, 1.165) is 37.1 Å². The van der Waals surface area contributed by atoms with E-state index >= 15 is 0 Å². The molecule has 0 aliphatic carbocycles. The van der Waals surface area contributed by atoms with Crippen LogP contribution >= 0.6 is 0 Å². The third-order valence-corrected chi connectivity index (χ3v) is 5.37. The third kappa shape index (κ3) is 6.57. The summed E-state index contributed by atoms with van der Waals surface area (Å²) in [7, 11) is 4.09. The number of guanidine groups is 1. The summed E-state index contributed by atoms with van der Waals surface area (Å²) in [6.07, 6.45) is 0.995. The number of rotatable bonds is 9. The van der Waals surface area contributed by atoms with Crippen LogP contribution in [0, 0.1) is 6.92 Å². The summed E-state index contributed by atoms with van der Waals surface area (Å²) in [6, 6.07) is 21.0. The zero-order chi connectivity index (χ0) is 22.1. The molecule has 0 amide bonds. The molecule has 3 aromatic rings. The molecule has 0 aliphatic heterocycles. The van der Waals surface area contributed by atoms with Gasteiger partial charge in [-0.1, -0.05) is 48.5 Å². The minimum Gasteiger partial charge on any atom is -0.375 e. The van der Waals surface area contributed by atoms with Crippen molar-refractivity contribution in [2.45, 2.75) is 32.9 Å². The number of hydrogen-bond acceptors (Lipinski definition) is 4. The maximum absolute atomic E-state index is 4.77. The Hall–Kier alpha value is -3.35. The van der Waals surface area contributed by atoms with Gasteiger partial charge in [-0.3, -0.25) is 0 Å². The van der Waals surface area contributed by atoms with Crippen LogP contribution in [0.1, 0.15) is 36.6 Å². The number of aliphatic imine (C=N–C) groups is 1. The van der Waals surface area contributed by atoms with Gasteiger partial charge < -0.3 is 20.1 Å². The third-order valence-electron chi connectivity index (χ3n) is 5.37. The van der Waals surface area contributed by atoms with E-state index in [9.17, 15) is 0 Å². The molecule has 1 heterocycles. The van der Waals surface area contributed by atoms with Crippen LogP contribution in [0.2, 0.25) is 0 Å². The lowest BCUT2D eigenvalue weighted by atomic mass is 10.1. The summed E-state index contributed by atoms with van der Waals surface area (Å²) in [5.41, 5.74) is 2.44. The maximum atomic E-state index is 4.77. The molecular formula is C24H33N7. The fourth-order valence-corrected chi connectivity index (χ4v) is 3.26. The lowest BCUT2D eigenvalue weighted by Gasteiger charge is -2.21. The molecule has 0 saturated carbocycles. The second-order valence-electron chi connectivity index (χ2n) is 7.70. The molecule has 0 spiro atoms. The molecular weight excluding hydrogens is 386 g/mol. The SMILES string of the molecule is Cc1nnc(CN=C(NCCCN(C)c2ccccc2)NC(C)c2ccccc2)n1C. The first-order valence-electron chi connectivity index (χ1n) is 10.8. The van der Waals surface area contributed by atoms with Crippen LogP contribution in [0.4, 0.5) is 5.69 Å². The summed E-state index contributed by atoms with van der Waals surface area (Å²) in [6.45, 7) is 6.34. The highest BCUT2D eigenvalue weighted by Gasteiger charge is 2.09. The lowest BCUT2D eigenvalue weighted by molar-refractivity contribution is 0.664. The molecule has 2 aromatic carbocycles. The van der Waals surface area contributed by atoms with Gasteiger partial charge in [-0.05, 0) is 38.0 Å². The Bertz CT molecular complexity index is 951.